The minimum absolute atomic E-state index is 0.0819. The first-order chi connectivity index (χ1) is 15.4. The molecule has 1 heterocycles. The highest BCUT2D eigenvalue weighted by molar-refractivity contribution is 5.78. The van der Waals surface area contributed by atoms with Crippen molar-refractivity contribution in [1.82, 2.24) is 4.98 Å². The van der Waals surface area contributed by atoms with E-state index < -0.39 is 17.6 Å². The third kappa shape index (κ3) is 5.05. The Morgan fingerprint density at radius 1 is 1.19 bits per heavy atom. The first-order valence-electron chi connectivity index (χ1n) is 11.5. The predicted molar refractivity (Wildman–Crippen MR) is 120 cm³/mol. The topological polar surface area (TPSA) is 68.7 Å². The smallest absolute Gasteiger partial charge is 0.341 e. The SMILES string of the molecule is COc1cc(C2CCC(COc3cccc(C(C4CC4)C(C)(F)C(=O)O)c3)CC2)ccn1. The number of hydrogen-bond donors (Lipinski definition) is 1. The molecule has 0 spiro atoms. The van der Waals surface area contributed by atoms with Crippen LogP contribution >= 0.6 is 0 Å². The number of pyridine rings is 1. The third-order valence-corrected chi connectivity index (χ3v) is 7.08. The lowest BCUT2D eigenvalue weighted by Crippen LogP contribution is -2.38. The number of ether oxygens (including phenoxy) is 2. The molecule has 0 amide bonds. The maximum atomic E-state index is 15.0. The number of rotatable bonds is 9. The van der Waals surface area contributed by atoms with Crippen LogP contribution in [0.3, 0.4) is 0 Å². The lowest BCUT2D eigenvalue weighted by atomic mass is 9.79. The first kappa shape index (κ1) is 22.6. The van der Waals surface area contributed by atoms with Crippen molar-refractivity contribution in [2.24, 2.45) is 11.8 Å². The summed E-state index contributed by atoms with van der Waals surface area (Å²) in [7, 11) is 1.64. The number of nitrogens with zero attached hydrogens (tertiary/aromatic N) is 1. The van der Waals surface area contributed by atoms with Crippen molar-refractivity contribution in [2.75, 3.05) is 13.7 Å². The molecule has 2 atom stereocenters. The van der Waals surface area contributed by atoms with E-state index in [4.69, 9.17) is 9.47 Å². The average Bonchev–Trinajstić information content (AvgIpc) is 3.63. The van der Waals surface area contributed by atoms with Crippen LogP contribution in [0.25, 0.3) is 0 Å². The van der Waals surface area contributed by atoms with Crippen molar-refractivity contribution in [3.8, 4) is 11.6 Å². The molecule has 4 rings (SSSR count). The second-order valence-electron chi connectivity index (χ2n) is 9.43. The van der Waals surface area contributed by atoms with E-state index in [2.05, 4.69) is 11.1 Å². The van der Waals surface area contributed by atoms with Crippen LogP contribution in [-0.4, -0.2) is 35.4 Å². The summed E-state index contributed by atoms with van der Waals surface area (Å²) < 4.78 is 26.4. The number of hydrogen-bond acceptors (Lipinski definition) is 4. The van der Waals surface area contributed by atoms with Gasteiger partial charge in [0, 0.05) is 18.2 Å². The molecule has 172 valence electrons. The molecule has 0 radical (unpaired) electrons. The molecule has 2 fully saturated rings. The normalized spacial score (nSPS) is 23.7. The number of alkyl halides is 1. The first-order valence-corrected chi connectivity index (χ1v) is 11.5. The van der Waals surface area contributed by atoms with E-state index in [1.165, 1.54) is 12.5 Å². The van der Waals surface area contributed by atoms with Gasteiger partial charge < -0.3 is 14.6 Å². The third-order valence-electron chi connectivity index (χ3n) is 7.08. The second-order valence-corrected chi connectivity index (χ2v) is 9.43. The highest BCUT2D eigenvalue weighted by atomic mass is 19.1. The number of aliphatic carboxylic acids is 1. The Hall–Kier alpha value is -2.63. The lowest BCUT2D eigenvalue weighted by molar-refractivity contribution is -0.151. The van der Waals surface area contributed by atoms with Crippen LogP contribution in [0.2, 0.25) is 0 Å². The van der Waals surface area contributed by atoms with Crippen molar-refractivity contribution in [1.29, 1.82) is 0 Å². The van der Waals surface area contributed by atoms with Gasteiger partial charge in [0.2, 0.25) is 11.5 Å². The van der Waals surface area contributed by atoms with Crippen LogP contribution in [0.1, 0.15) is 68.4 Å². The number of halogens is 1. The van der Waals surface area contributed by atoms with E-state index in [1.807, 2.05) is 30.3 Å². The standard InChI is InChI=1S/C26H32FNO4/c1-26(27,25(29)30)24(19-10-11-19)21-4-3-5-22(14-21)32-16-17-6-8-18(9-7-17)20-12-13-28-23(15-20)31-2/h3-5,12-15,17-19,24H,6-11,16H2,1-2H3,(H,29,30). The zero-order valence-electron chi connectivity index (χ0n) is 18.8. The Kier molecular flexibility index (Phi) is 6.68. The minimum Gasteiger partial charge on any atom is -0.493 e. The second kappa shape index (κ2) is 9.47. The van der Waals surface area contributed by atoms with Gasteiger partial charge in [0.25, 0.3) is 0 Å². The van der Waals surface area contributed by atoms with Gasteiger partial charge in [-0.25, -0.2) is 14.2 Å². The van der Waals surface area contributed by atoms with Crippen molar-refractivity contribution in [3.05, 3.63) is 53.7 Å². The summed E-state index contributed by atoms with van der Waals surface area (Å²) in [5, 5.41) is 9.41. The molecule has 2 saturated carbocycles. The molecule has 5 nitrogen and oxygen atoms in total. The lowest BCUT2D eigenvalue weighted by Gasteiger charge is -2.29. The summed E-state index contributed by atoms with van der Waals surface area (Å²) in [5.41, 5.74) is -0.288. The van der Waals surface area contributed by atoms with Crippen molar-refractivity contribution < 1.29 is 23.8 Å². The van der Waals surface area contributed by atoms with Crippen LogP contribution in [0.5, 0.6) is 11.6 Å². The van der Waals surface area contributed by atoms with Crippen LogP contribution in [-0.2, 0) is 4.79 Å². The Morgan fingerprint density at radius 2 is 1.94 bits per heavy atom. The Bertz CT molecular complexity index is 935. The van der Waals surface area contributed by atoms with E-state index >= 15 is 4.39 Å². The van der Waals surface area contributed by atoms with Crippen LogP contribution in [0.4, 0.5) is 4.39 Å². The summed E-state index contributed by atoms with van der Waals surface area (Å²) in [6, 6.07) is 11.5. The van der Waals surface area contributed by atoms with Crippen molar-refractivity contribution in [3.63, 3.8) is 0 Å². The summed E-state index contributed by atoms with van der Waals surface area (Å²) in [5.74, 6) is 0.381. The predicted octanol–water partition coefficient (Wildman–Crippen LogP) is 5.75. The molecular weight excluding hydrogens is 409 g/mol. The number of carbonyl (C=O) groups is 1. The number of carboxylic acids is 1. The zero-order valence-corrected chi connectivity index (χ0v) is 18.8. The molecule has 6 heteroatoms. The van der Waals surface area contributed by atoms with Crippen LogP contribution in [0, 0.1) is 11.8 Å². The maximum Gasteiger partial charge on any atom is 0.341 e. The van der Waals surface area contributed by atoms with E-state index in [0.29, 0.717) is 35.6 Å². The molecule has 0 aliphatic heterocycles. The quantitative estimate of drug-likeness (QED) is 0.537. The monoisotopic (exact) mass is 441 g/mol. The number of carboxylic acid groups (broad SMARTS) is 1. The molecule has 2 aliphatic rings. The Balaban J connectivity index is 1.34. The molecule has 2 aromatic rings. The number of methoxy groups -OCH3 is 1. The van der Waals surface area contributed by atoms with E-state index in [1.54, 1.807) is 13.3 Å². The number of benzene rings is 1. The summed E-state index contributed by atoms with van der Waals surface area (Å²) in [6.45, 7) is 1.80. The largest absolute Gasteiger partial charge is 0.493 e. The van der Waals surface area contributed by atoms with Gasteiger partial charge in [0.1, 0.15) is 5.75 Å². The fourth-order valence-corrected chi connectivity index (χ4v) is 5.06. The van der Waals surface area contributed by atoms with Crippen LogP contribution in [0.15, 0.2) is 42.6 Å². The van der Waals surface area contributed by atoms with Crippen molar-refractivity contribution in [2.45, 2.75) is 63.0 Å². The minimum atomic E-state index is -2.28. The maximum absolute atomic E-state index is 15.0. The molecule has 1 N–H and O–H groups in total. The van der Waals surface area contributed by atoms with E-state index in [-0.39, 0.29) is 5.92 Å². The van der Waals surface area contributed by atoms with Gasteiger partial charge in [-0.1, -0.05) is 12.1 Å². The number of aromatic nitrogens is 1. The van der Waals surface area contributed by atoms with Gasteiger partial charge in [-0.15, -0.1) is 0 Å². The van der Waals surface area contributed by atoms with Gasteiger partial charge in [-0.2, -0.15) is 0 Å². The van der Waals surface area contributed by atoms with Crippen LogP contribution < -0.4 is 9.47 Å². The average molecular weight is 442 g/mol. The Morgan fingerprint density at radius 3 is 2.59 bits per heavy atom. The molecule has 1 aromatic carbocycles. The van der Waals surface area contributed by atoms with E-state index in [9.17, 15) is 9.90 Å². The molecular formula is C26H32FNO4. The summed E-state index contributed by atoms with van der Waals surface area (Å²) in [6.07, 6.45) is 7.92. The summed E-state index contributed by atoms with van der Waals surface area (Å²) >= 11 is 0. The van der Waals surface area contributed by atoms with E-state index in [0.717, 1.165) is 38.5 Å². The molecule has 32 heavy (non-hydrogen) atoms. The highest BCUT2D eigenvalue weighted by Crippen LogP contribution is 2.50. The van der Waals surface area contributed by atoms with Gasteiger partial charge in [-0.05, 0) is 92.5 Å². The molecule has 1 aromatic heterocycles. The van der Waals surface area contributed by atoms with Crippen molar-refractivity contribution >= 4 is 5.97 Å². The molecule has 0 bridgehead atoms. The molecule has 2 unspecified atom stereocenters. The van der Waals surface area contributed by atoms with Gasteiger partial charge in [0.15, 0.2) is 0 Å². The Labute approximate surface area is 189 Å². The van der Waals surface area contributed by atoms with Gasteiger partial charge in [0.05, 0.1) is 13.7 Å². The zero-order chi connectivity index (χ0) is 22.7. The summed E-state index contributed by atoms with van der Waals surface area (Å²) in [4.78, 5) is 15.7. The highest BCUT2D eigenvalue weighted by Gasteiger charge is 2.50. The van der Waals surface area contributed by atoms with Gasteiger partial charge >= 0.3 is 5.97 Å². The molecule has 2 aliphatic carbocycles. The molecule has 0 saturated heterocycles. The fourth-order valence-electron chi connectivity index (χ4n) is 5.06. The van der Waals surface area contributed by atoms with Gasteiger partial charge in [-0.3, -0.25) is 0 Å². The fraction of sp³-hybridized carbons (Fsp3) is 0.538.